The number of rotatable bonds is 4. The number of aromatic hydroxyl groups is 1. The Kier molecular flexibility index (Phi) is 4.05. The second-order valence-electron chi connectivity index (χ2n) is 3.52. The van der Waals surface area contributed by atoms with Crippen molar-refractivity contribution in [3.63, 3.8) is 0 Å². The Morgan fingerprint density at radius 2 is 2.00 bits per heavy atom. The van der Waals surface area contributed by atoms with Gasteiger partial charge in [-0.25, -0.2) is 0 Å². The summed E-state index contributed by atoms with van der Waals surface area (Å²) < 4.78 is 4.43. The van der Waals surface area contributed by atoms with E-state index in [2.05, 4.69) is 4.74 Å². The van der Waals surface area contributed by atoms with E-state index < -0.39 is 5.97 Å². The Morgan fingerprint density at radius 1 is 1.31 bits per heavy atom. The lowest BCUT2D eigenvalue weighted by Crippen LogP contribution is -2.06. The maximum Gasteiger partial charge on any atom is 0.305 e. The van der Waals surface area contributed by atoms with Gasteiger partial charge in [0.05, 0.1) is 19.1 Å². The van der Waals surface area contributed by atoms with Gasteiger partial charge in [0, 0.05) is 6.42 Å². The number of aryl methyl sites for hydroxylation is 1. The molecular formula is C12H14O4. The van der Waals surface area contributed by atoms with Crippen LogP contribution < -0.4 is 0 Å². The van der Waals surface area contributed by atoms with Crippen LogP contribution in [-0.2, 0) is 9.53 Å². The molecule has 0 aliphatic rings. The van der Waals surface area contributed by atoms with E-state index >= 15 is 0 Å². The van der Waals surface area contributed by atoms with E-state index in [1.165, 1.54) is 13.2 Å². The summed E-state index contributed by atoms with van der Waals surface area (Å²) in [5, 5.41) is 9.55. The minimum absolute atomic E-state index is 0.0304. The highest BCUT2D eigenvalue weighted by atomic mass is 16.5. The Balaban J connectivity index is 2.70. The summed E-state index contributed by atoms with van der Waals surface area (Å²) in [5.74, 6) is -0.738. The molecule has 0 bridgehead atoms. The molecule has 1 aromatic carbocycles. The summed E-state index contributed by atoms with van der Waals surface area (Å²) in [6.07, 6.45) is 0.0753. The fourth-order valence-electron chi connectivity index (χ4n) is 1.33. The molecule has 0 fully saturated rings. The molecule has 0 saturated carbocycles. The number of carbonyl (C=O) groups excluding carboxylic acids is 2. The van der Waals surface area contributed by atoms with Gasteiger partial charge in [0.25, 0.3) is 0 Å². The largest absolute Gasteiger partial charge is 0.507 e. The van der Waals surface area contributed by atoms with Crippen molar-refractivity contribution in [2.75, 3.05) is 7.11 Å². The number of ether oxygens (including phenoxy) is 1. The van der Waals surface area contributed by atoms with Crippen LogP contribution in [0.1, 0.15) is 28.8 Å². The fourth-order valence-corrected chi connectivity index (χ4v) is 1.33. The van der Waals surface area contributed by atoms with Crippen LogP contribution >= 0.6 is 0 Å². The quantitative estimate of drug-likeness (QED) is 0.623. The summed E-state index contributed by atoms with van der Waals surface area (Å²) in [4.78, 5) is 22.5. The van der Waals surface area contributed by atoms with Crippen molar-refractivity contribution in [2.24, 2.45) is 0 Å². The first-order valence-electron chi connectivity index (χ1n) is 4.94. The Hall–Kier alpha value is -1.84. The number of carbonyl (C=O) groups is 2. The van der Waals surface area contributed by atoms with Crippen LogP contribution in [0.4, 0.5) is 0 Å². The molecule has 1 N–H and O–H groups in total. The molecule has 1 aromatic rings. The van der Waals surface area contributed by atoms with Crippen LogP contribution in [-0.4, -0.2) is 24.0 Å². The topological polar surface area (TPSA) is 63.6 Å². The zero-order valence-electron chi connectivity index (χ0n) is 9.32. The summed E-state index contributed by atoms with van der Waals surface area (Å²) in [7, 11) is 1.27. The Morgan fingerprint density at radius 3 is 2.56 bits per heavy atom. The molecule has 0 heterocycles. The number of benzene rings is 1. The third kappa shape index (κ3) is 3.08. The van der Waals surface area contributed by atoms with Crippen molar-refractivity contribution in [1.82, 2.24) is 0 Å². The Bertz CT molecular complexity index is 409. The van der Waals surface area contributed by atoms with Crippen molar-refractivity contribution >= 4 is 11.8 Å². The van der Waals surface area contributed by atoms with Crippen LogP contribution in [0.2, 0.25) is 0 Å². The SMILES string of the molecule is COC(=O)CCC(=O)c1ccc(C)cc1O. The third-order valence-electron chi connectivity index (χ3n) is 2.24. The number of phenols is 1. The monoisotopic (exact) mass is 222 g/mol. The maximum atomic E-state index is 11.6. The van der Waals surface area contributed by atoms with Crippen LogP contribution in [0.25, 0.3) is 0 Å². The maximum absolute atomic E-state index is 11.6. The average molecular weight is 222 g/mol. The second-order valence-corrected chi connectivity index (χ2v) is 3.52. The molecule has 0 saturated heterocycles. The lowest BCUT2D eigenvalue weighted by atomic mass is 10.0. The van der Waals surface area contributed by atoms with Gasteiger partial charge in [0.1, 0.15) is 5.75 Å². The van der Waals surface area contributed by atoms with Crippen molar-refractivity contribution < 1.29 is 19.4 Å². The Labute approximate surface area is 93.9 Å². The van der Waals surface area contributed by atoms with Gasteiger partial charge in [-0.05, 0) is 24.6 Å². The van der Waals surface area contributed by atoms with Crippen LogP contribution in [0.5, 0.6) is 5.75 Å². The zero-order chi connectivity index (χ0) is 12.1. The van der Waals surface area contributed by atoms with Crippen molar-refractivity contribution in [2.45, 2.75) is 19.8 Å². The summed E-state index contributed by atoms with van der Waals surface area (Å²) in [6, 6.07) is 4.82. The van der Waals surface area contributed by atoms with Gasteiger partial charge in [0.15, 0.2) is 5.78 Å². The number of ketones is 1. The molecule has 1 rings (SSSR count). The number of methoxy groups -OCH3 is 1. The molecule has 0 aliphatic carbocycles. The molecule has 0 spiro atoms. The van der Waals surface area contributed by atoms with Crippen molar-refractivity contribution in [1.29, 1.82) is 0 Å². The average Bonchev–Trinajstić information content (AvgIpc) is 2.25. The molecule has 0 aromatic heterocycles. The third-order valence-corrected chi connectivity index (χ3v) is 2.24. The molecule has 4 nitrogen and oxygen atoms in total. The normalized spacial score (nSPS) is 9.88. The molecule has 0 unspecified atom stereocenters. The molecule has 0 amide bonds. The first-order valence-corrected chi connectivity index (χ1v) is 4.94. The molecular weight excluding hydrogens is 208 g/mol. The van der Waals surface area contributed by atoms with E-state index in [1.807, 2.05) is 6.92 Å². The highest BCUT2D eigenvalue weighted by Crippen LogP contribution is 2.20. The molecule has 0 aliphatic heterocycles. The first kappa shape index (κ1) is 12.2. The predicted molar refractivity (Wildman–Crippen MR) is 58.4 cm³/mol. The van der Waals surface area contributed by atoms with E-state index in [0.717, 1.165) is 5.56 Å². The van der Waals surface area contributed by atoms with Crippen LogP contribution in [0.3, 0.4) is 0 Å². The van der Waals surface area contributed by atoms with Gasteiger partial charge in [-0.2, -0.15) is 0 Å². The smallest absolute Gasteiger partial charge is 0.305 e. The summed E-state index contributed by atoms with van der Waals surface area (Å²) in [6.45, 7) is 1.82. The van der Waals surface area contributed by atoms with Gasteiger partial charge >= 0.3 is 5.97 Å². The lowest BCUT2D eigenvalue weighted by Gasteiger charge is -2.04. The van der Waals surface area contributed by atoms with E-state index in [1.54, 1.807) is 12.1 Å². The van der Waals surface area contributed by atoms with Gasteiger partial charge in [-0.15, -0.1) is 0 Å². The predicted octanol–water partition coefficient (Wildman–Crippen LogP) is 1.84. The highest BCUT2D eigenvalue weighted by Gasteiger charge is 2.12. The van der Waals surface area contributed by atoms with Gasteiger partial charge in [-0.3, -0.25) is 9.59 Å². The standard InChI is InChI=1S/C12H14O4/c1-8-3-4-9(11(14)7-8)10(13)5-6-12(15)16-2/h3-4,7,14H,5-6H2,1-2H3. The number of esters is 1. The van der Waals surface area contributed by atoms with Crippen LogP contribution in [0, 0.1) is 6.92 Å². The molecule has 4 heteroatoms. The first-order chi connectivity index (χ1) is 7.54. The van der Waals surface area contributed by atoms with Gasteiger partial charge < -0.3 is 9.84 Å². The van der Waals surface area contributed by atoms with Gasteiger partial charge in [0.2, 0.25) is 0 Å². The van der Waals surface area contributed by atoms with E-state index in [4.69, 9.17) is 0 Å². The van der Waals surface area contributed by atoms with Crippen molar-refractivity contribution in [3.05, 3.63) is 29.3 Å². The van der Waals surface area contributed by atoms with Gasteiger partial charge in [-0.1, -0.05) is 6.07 Å². The molecule has 0 atom stereocenters. The molecule has 86 valence electrons. The lowest BCUT2D eigenvalue weighted by molar-refractivity contribution is -0.140. The number of hydrogen-bond donors (Lipinski definition) is 1. The molecule has 16 heavy (non-hydrogen) atoms. The minimum Gasteiger partial charge on any atom is -0.507 e. The van der Waals surface area contributed by atoms with E-state index in [9.17, 15) is 14.7 Å². The minimum atomic E-state index is -0.431. The summed E-state index contributed by atoms with van der Waals surface area (Å²) >= 11 is 0. The number of Topliss-reactive ketones (excluding diaryl/α,β-unsaturated/α-hetero) is 1. The van der Waals surface area contributed by atoms with E-state index in [-0.39, 0.29) is 29.9 Å². The highest BCUT2D eigenvalue weighted by molar-refractivity contribution is 5.99. The molecule has 0 radical (unpaired) electrons. The number of hydrogen-bond acceptors (Lipinski definition) is 4. The summed E-state index contributed by atoms with van der Waals surface area (Å²) in [5.41, 5.74) is 1.12. The van der Waals surface area contributed by atoms with Crippen LogP contribution in [0.15, 0.2) is 18.2 Å². The zero-order valence-corrected chi connectivity index (χ0v) is 9.32. The fraction of sp³-hybridized carbons (Fsp3) is 0.333. The van der Waals surface area contributed by atoms with Crippen molar-refractivity contribution in [3.8, 4) is 5.75 Å². The second kappa shape index (κ2) is 5.30. The van der Waals surface area contributed by atoms with E-state index in [0.29, 0.717) is 0 Å². The number of phenolic OH excluding ortho intramolecular Hbond substituents is 1.